The maximum absolute atomic E-state index is 12.0. The molecule has 4 nitrogen and oxygen atoms in total. The number of halogens is 1. The van der Waals surface area contributed by atoms with Crippen LogP contribution in [0.5, 0.6) is 0 Å². The summed E-state index contributed by atoms with van der Waals surface area (Å²) in [7, 11) is 0. The van der Waals surface area contributed by atoms with Crippen molar-refractivity contribution in [3.8, 4) is 0 Å². The van der Waals surface area contributed by atoms with Crippen LogP contribution >= 0.6 is 15.9 Å². The molecule has 0 heterocycles. The molecule has 0 radical (unpaired) electrons. The molecule has 17 heavy (non-hydrogen) atoms. The van der Waals surface area contributed by atoms with Crippen LogP contribution in [0.2, 0.25) is 0 Å². The van der Waals surface area contributed by atoms with Crippen LogP contribution in [0.3, 0.4) is 0 Å². The highest BCUT2D eigenvalue weighted by molar-refractivity contribution is 9.10. The standard InChI is InChI=1S/C12H15BrN2O2/c1-6-10(2-7(13)3-11(6)14)12(17)15-8-4-9(16)5-8/h2-3,8-9,16H,4-5,14H2,1H3,(H,15,17). The van der Waals surface area contributed by atoms with E-state index in [2.05, 4.69) is 21.2 Å². The van der Waals surface area contributed by atoms with Crippen LogP contribution in [0.4, 0.5) is 5.69 Å². The summed E-state index contributed by atoms with van der Waals surface area (Å²) >= 11 is 3.32. The minimum atomic E-state index is -0.269. The lowest BCUT2D eigenvalue weighted by Gasteiger charge is -2.32. The number of nitrogen functional groups attached to an aromatic ring is 1. The van der Waals surface area contributed by atoms with Gasteiger partial charge in [0.05, 0.1) is 6.10 Å². The van der Waals surface area contributed by atoms with Crippen LogP contribution in [-0.2, 0) is 0 Å². The fraction of sp³-hybridized carbons (Fsp3) is 0.417. The number of carbonyl (C=O) groups is 1. The average Bonchev–Trinajstić information content (AvgIpc) is 2.21. The maximum Gasteiger partial charge on any atom is 0.251 e. The number of hydrogen-bond donors (Lipinski definition) is 3. The third kappa shape index (κ3) is 2.61. The van der Waals surface area contributed by atoms with Gasteiger partial charge in [-0.2, -0.15) is 0 Å². The fourth-order valence-corrected chi connectivity index (χ4v) is 2.38. The zero-order valence-corrected chi connectivity index (χ0v) is 11.1. The Balaban J connectivity index is 2.13. The number of rotatable bonds is 2. The number of nitrogens with two attached hydrogens (primary N) is 1. The van der Waals surface area contributed by atoms with E-state index < -0.39 is 0 Å². The number of aliphatic hydroxyl groups excluding tert-OH is 1. The molecule has 4 N–H and O–H groups in total. The third-order valence-electron chi connectivity index (χ3n) is 3.11. The van der Waals surface area contributed by atoms with Gasteiger partial charge < -0.3 is 16.2 Å². The van der Waals surface area contributed by atoms with Gasteiger partial charge in [-0.25, -0.2) is 0 Å². The Morgan fingerprint density at radius 2 is 2.18 bits per heavy atom. The molecule has 92 valence electrons. The first-order chi connectivity index (χ1) is 7.97. The van der Waals surface area contributed by atoms with Crippen molar-refractivity contribution >= 4 is 27.5 Å². The van der Waals surface area contributed by atoms with Gasteiger partial charge in [-0.1, -0.05) is 15.9 Å². The second kappa shape index (κ2) is 4.66. The highest BCUT2D eigenvalue weighted by atomic mass is 79.9. The lowest BCUT2D eigenvalue weighted by molar-refractivity contribution is 0.0562. The second-order valence-electron chi connectivity index (χ2n) is 4.46. The number of carbonyl (C=O) groups excluding carboxylic acids is 1. The molecule has 0 aromatic heterocycles. The molecular weight excluding hydrogens is 284 g/mol. The molecule has 1 aliphatic rings. The van der Waals surface area contributed by atoms with E-state index in [1.807, 2.05) is 6.92 Å². The molecule has 2 rings (SSSR count). The molecule has 0 spiro atoms. The molecule has 0 unspecified atom stereocenters. The first-order valence-electron chi connectivity index (χ1n) is 5.52. The van der Waals surface area contributed by atoms with Crippen molar-refractivity contribution in [2.24, 2.45) is 0 Å². The number of anilines is 1. The quantitative estimate of drug-likeness (QED) is 0.726. The van der Waals surface area contributed by atoms with E-state index in [-0.39, 0.29) is 18.1 Å². The summed E-state index contributed by atoms with van der Waals surface area (Å²) in [5.74, 6) is -0.132. The van der Waals surface area contributed by atoms with Crippen LogP contribution in [0.1, 0.15) is 28.8 Å². The first-order valence-corrected chi connectivity index (χ1v) is 6.31. The normalized spacial score (nSPS) is 23.0. The van der Waals surface area contributed by atoms with Gasteiger partial charge in [-0.15, -0.1) is 0 Å². The SMILES string of the molecule is Cc1c(N)cc(Br)cc1C(=O)NC1CC(O)C1. The van der Waals surface area contributed by atoms with E-state index in [0.29, 0.717) is 24.1 Å². The van der Waals surface area contributed by atoms with Crippen molar-refractivity contribution in [2.75, 3.05) is 5.73 Å². The molecule has 5 heteroatoms. The molecule has 1 fully saturated rings. The summed E-state index contributed by atoms with van der Waals surface area (Å²) < 4.78 is 0.791. The van der Waals surface area contributed by atoms with Gasteiger partial charge in [0.1, 0.15) is 0 Å². The Morgan fingerprint density at radius 1 is 1.53 bits per heavy atom. The van der Waals surface area contributed by atoms with Gasteiger partial charge in [-0.05, 0) is 37.5 Å². The van der Waals surface area contributed by atoms with Crippen molar-refractivity contribution in [1.82, 2.24) is 5.32 Å². The Hall–Kier alpha value is -1.07. The smallest absolute Gasteiger partial charge is 0.251 e. The Kier molecular flexibility index (Phi) is 3.40. The second-order valence-corrected chi connectivity index (χ2v) is 5.38. The van der Waals surface area contributed by atoms with Crippen LogP contribution in [-0.4, -0.2) is 23.2 Å². The Labute approximate surface area is 108 Å². The molecule has 0 saturated heterocycles. The van der Waals surface area contributed by atoms with Crippen LogP contribution in [0, 0.1) is 6.92 Å². The summed E-state index contributed by atoms with van der Waals surface area (Å²) in [6.45, 7) is 1.83. The Morgan fingerprint density at radius 3 is 2.76 bits per heavy atom. The highest BCUT2D eigenvalue weighted by Gasteiger charge is 2.29. The predicted octanol–water partition coefficient (Wildman–Crippen LogP) is 1.59. The summed E-state index contributed by atoms with van der Waals surface area (Å²) in [4.78, 5) is 12.0. The molecule has 0 aliphatic heterocycles. The van der Waals surface area contributed by atoms with Crippen molar-refractivity contribution in [3.05, 3.63) is 27.7 Å². The van der Waals surface area contributed by atoms with Gasteiger partial charge in [-0.3, -0.25) is 4.79 Å². The molecule has 0 bridgehead atoms. The number of benzene rings is 1. The summed E-state index contributed by atoms with van der Waals surface area (Å²) in [6, 6.07) is 3.62. The molecule has 1 aromatic carbocycles. The summed E-state index contributed by atoms with van der Waals surface area (Å²) in [5.41, 5.74) is 7.77. The van der Waals surface area contributed by atoms with E-state index in [1.54, 1.807) is 12.1 Å². The number of nitrogens with one attached hydrogen (secondary N) is 1. The Bertz CT molecular complexity index is 456. The molecule has 1 aromatic rings. The molecule has 1 aliphatic carbocycles. The largest absolute Gasteiger partial charge is 0.398 e. The molecular formula is C12H15BrN2O2. The van der Waals surface area contributed by atoms with Gasteiger partial charge in [0, 0.05) is 21.8 Å². The van der Waals surface area contributed by atoms with E-state index in [0.717, 1.165) is 10.0 Å². The zero-order valence-electron chi connectivity index (χ0n) is 9.53. The van der Waals surface area contributed by atoms with Gasteiger partial charge in [0.25, 0.3) is 5.91 Å². The van der Waals surface area contributed by atoms with Crippen molar-refractivity contribution < 1.29 is 9.90 Å². The number of aliphatic hydroxyl groups is 1. The van der Waals surface area contributed by atoms with E-state index >= 15 is 0 Å². The predicted molar refractivity (Wildman–Crippen MR) is 69.8 cm³/mol. The minimum absolute atomic E-state index is 0.0807. The van der Waals surface area contributed by atoms with E-state index in [9.17, 15) is 4.79 Å². The number of amides is 1. The van der Waals surface area contributed by atoms with E-state index in [4.69, 9.17) is 10.8 Å². The average molecular weight is 299 g/mol. The lowest BCUT2D eigenvalue weighted by Crippen LogP contribution is -2.46. The number of hydrogen-bond acceptors (Lipinski definition) is 3. The van der Waals surface area contributed by atoms with E-state index in [1.165, 1.54) is 0 Å². The van der Waals surface area contributed by atoms with Crippen LogP contribution in [0.15, 0.2) is 16.6 Å². The maximum atomic E-state index is 12.0. The minimum Gasteiger partial charge on any atom is -0.398 e. The van der Waals surface area contributed by atoms with Crippen LogP contribution < -0.4 is 11.1 Å². The third-order valence-corrected chi connectivity index (χ3v) is 3.56. The summed E-state index contributed by atoms with van der Waals surface area (Å²) in [6.07, 6.45) is 0.997. The lowest BCUT2D eigenvalue weighted by atomic mass is 9.89. The first kappa shape index (κ1) is 12.4. The topological polar surface area (TPSA) is 75.4 Å². The van der Waals surface area contributed by atoms with Gasteiger partial charge >= 0.3 is 0 Å². The highest BCUT2D eigenvalue weighted by Crippen LogP contribution is 2.24. The van der Waals surface area contributed by atoms with Gasteiger partial charge in [0.15, 0.2) is 0 Å². The summed E-state index contributed by atoms with van der Waals surface area (Å²) in [5, 5.41) is 12.0. The van der Waals surface area contributed by atoms with Gasteiger partial charge in [0.2, 0.25) is 0 Å². The molecule has 1 saturated carbocycles. The van der Waals surface area contributed by atoms with Crippen molar-refractivity contribution in [1.29, 1.82) is 0 Å². The molecule has 1 amide bonds. The van der Waals surface area contributed by atoms with Crippen molar-refractivity contribution in [3.63, 3.8) is 0 Å². The fourth-order valence-electron chi connectivity index (χ4n) is 1.90. The zero-order chi connectivity index (χ0) is 12.6. The van der Waals surface area contributed by atoms with Crippen molar-refractivity contribution in [2.45, 2.75) is 31.9 Å². The monoisotopic (exact) mass is 298 g/mol. The molecule has 0 atom stereocenters. The van der Waals surface area contributed by atoms with Crippen LogP contribution in [0.25, 0.3) is 0 Å².